The van der Waals surface area contributed by atoms with Crippen LogP contribution in [0.5, 0.6) is 0 Å². The molecule has 4 nitrogen and oxygen atoms in total. The summed E-state index contributed by atoms with van der Waals surface area (Å²) in [6.07, 6.45) is 0.415. The summed E-state index contributed by atoms with van der Waals surface area (Å²) in [5, 5.41) is 11.8. The molecule has 0 aliphatic rings. The third-order valence-electron chi connectivity index (χ3n) is 2.55. The van der Waals surface area contributed by atoms with Gasteiger partial charge in [-0.05, 0) is 92.2 Å². The number of carbonyl (C=O) groups excluding carboxylic acids is 1. The van der Waals surface area contributed by atoms with E-state index in [-0.39, 0.29) is 11.8 Å². The second-order valence-corrected chi connectivity index (χ2v) is 8.23. The highest BCUT2D eigenvalue weighted by Crippen LogP contribution is 2.23. The molecule has 0 saturated carbocycles. The Morgan fingerprint density at radius 1 is 1.25 bits per heavy atom. The SMILES string of the molecule is CC(C)CC(NC(=O)c1cc(I)cc(I)c1I)C(=O)O. The van der Waals surface area contributed by atoms with Crippen LogP contribution in [0.4, 0.5) is 0 Å². The van der Waals surface area contributed by atoms with Crippen LogP contribution in [-0.2, 0) is 4.79 Å². The zero-order valence-corrected chi connectivity index (χ0v) is 17.4. The molecule has 1 amide bonds. The van der Waals surface area contributed by atoms with Crippen molar-refractivity contribution in [3.05, 3.63) is 28.4 Å². The topological polar surface area (TPSA) is 66.4 Å². The molecule has 1 unspecified atom stereocenters. The van der Waals surface area contributed by atoms with E-state index in [0.717, 1.165) is 10.7 Å². The molecule has 0 aliphatic heterocycles. The van der Waals surface area contributed by atoms with Crippen LogP contribution in [0, 0.1) is 16.6 Å². The maximum atomic E-state index is 12.3. The highest BCUT2D eigenvalue weighted by atomic mass is 127. The minimum Gasteiger partial charge on any atom is -0.480 e. The Labute approximate surface area is 158 Å². The van der Waals surface area contributed by atoms with E-state index >= 15 is 0 Å². The highest BCUT2D eigenvalue weighted by Gasteiger charge is 2.23. The maximum Gasteiger partial charge on any atom is 0.326 e. The first-order chi connectivity index (χ1) is 9.22. The van der Waals surface area contributed by atoms with E-state index in [1.54, 1.807) is 6.07 Å². The summed E-state index contributed by atoms with van der Waals surface area (Å²) in [4.78, 5) is 23.5. The molecule has 1 atom stereocenters. The fraction of sp³-hybridized carbons (Fsp3) is 0.385. The van der Waals surface area contributed by atoms with Crippen molar-refractivity contribution in [1.82, 2.24) is 5.32 Å². The molecular formula is C13H14I3NO3. The fourth-order valence-electron chi connectivity index (χ4n) is 1.65. The number of aliphatic carboxylic acids is 1. The summed E-state index contributed by atoms with van der Waals surface area (Å²) in [6, 6.07) is 2.89. The molecule has 7 heteroatoms. The molecule has 0 fully saturated rings. The molecule has 0 heterocycles. The molecular weight excluding hydrogens is 599 g/mol. The minimum atomic E-state index is -0.998. The summed E-state index contributed by atoms with van der Waals surface area (Å²) < 4.78 is 2.78. The molecule has 0 saturated heterocycles. The van der Waals surface area contributed by atoms with Crippen LogP contribution < -0.4 is 5.32 Å². The summed E-state index contributed by atoms with van der Waals surface area (Å²) in [5.41, 5.74) is 0.525. The zero-order valence-electron chi connectivity index (χ0n) is 10.9. The van der Waals surface area contributed by atoms with Gasteiger partial charge in [0.1, 0.15) is 6.04 Å². The lowest BCUT2D eigenvalue weighted by molar-refractivity contribution is -0.139. The van der Waals surface area contributed by atoms with Gasteiger partial charge in [0.25, 0.3) is 5.91 Å². The van der Waals surface area contributed by atoms with Crippen molar-refractivity contribution in [2.75, 3.05) is 0 Å². The van der Waals surface area contributed by atoms with Gasteiger partial charge in [0.15, 0.2) is 0 Å². The number of carboxylic acid groups (broad SMARTS) is 1. The average Bonchev–Trinajstić information content (AvgIpc) is 2.32. The van der Waals surface area contributed by atoms with E-state index in [0.29, 0.717) is 12.0 Å². The lowest BCUT2D eigenvalue weighted by atomic mass is 10.0. The number of nitrogens with one attached hydrogen (secondary N) is 1. The zero-order chi connectivity index (χ0) is 15.4. The van der Waals surface area contributed by atoms with Crippen molar-refractivity contribution < 1.29 is 14.7 Å². The Hall–Kier alpha value is 0.350. The van der Waals surface area contributed by atoms with Crippen molar-refractivity contribution in [1.29, 1.82) is 0 Å². The smallest absolute Gasteiger partial charge is 0.326 e. The summed E-state index contributed by atoms with van der Waals surface area (Å²) in [7, 11) is 0. The van der Waals surface area contributed by atoms with Gasteiger partial charge in [0, 0.05) is 10.7 Å². The van der Waals surface area contributed by atoms with Crippen molar-refractivity contribution >= 4 is 79.6 Å². The molecule has 0 bridgehead atoms. The third kappa shape index (κ3) is 5.28. The standard InChI is InChI=1S/C13H14I3NO3/c1-6(2)3-10(13(19)20)17-12(18)8-4-7(14)5-9(15)11(8)16/h4-6,10H,3H2,1-2H3,(H,17,18)(H,19,20). The number of carboxylic acids is 1. The predicted molar refractivity (Wildman–Crippen MR) is 103 cm³/mol. The number of amides is 1. The number of benzene rings is 1. The van der Waals surface area contributed by atoms with Gasteiger partial charge in [-0.1, -0.05) is 13.8 Å². The first-order valence-corrected chi connectivity index (χ1v) is 9.14. The number of carbonyl (C=O) groups is 2. The van der Waals surface area contributed by atoms with Crippen LogP contribution in [0.1, 0.15) is 30.6 Å². The van der Waals surface area contributed by atoms with Crippen LogP contribution in [-0.4, -0.2) is 23.0 Å². The van der Waals surface area contributed by atoms with Gasteiger partial charge < -0.3 is 10.4 Å². The van der Waals surface area contributed by atoms with Crippen LogP contribution in [0.15, 0.2) is 12.1 Å². The fourth-order valence-corrected chi connectivity index (χ4v) is 4.05. The number of rotatable bonds is 5. The Morgan fingerprint density at radius 2 is 1.85 bits per heavy atom. The van der Waals surface area contributed by atoms with Crippen LogP contribution in [0.25, 0.3) is 0 Å². The summed E-state index contributed by atoms with van der Waals surface area (Å²) in [6.45, 7) is 3.86. The van der Waals surface area contributed by atoms with Crippen molar-refractivity contribution in [2.45, 2.75) is 26.3 Å². The number of halogens is 3. The normalized spacial score (nSPS) is 12.3. The molecule has 20 heavy (non-hydrogen) atoms. The van der Waals surface area contributed by atoms with Crippen LogP contribution in [0.2, 0.25) is 0 Å². The lowest BCUT2D eigenvalue weighted by Crippen LogP contribution is -2.42. The molecule has 0 radical (unpaired) electrons. The van der Waals surface area contributed by atoms with Gasteiger partial charge in [0.2, 0.25) is 0 Å². The van der Waals surface area contributed by atoms with Gasteiger partial charge in [-0.3, -0.25) is 4.79 Å². The van der Waals surface area contributed by atoms with Gasteiger partial charge in [0.05, 0.1) is 5.56 Å². The third-order valence-corrected chi connectivity index (χ3v) is 6.22. The van der Waals surface area contributed by atoms with E-state index in [2.05, 4.69) is 73.1 Å². The van der Waals surface area contributed by atoms with Gasteiger partial charge in [-0.2, -0.15) is 0 Å². The largest absolute Gasteiger partial charge is 0.480 e. The Balaban J connectivity index is 2.97. The molecule has 0 aliphatic carbocycles. The molecule has 1 aromatic rings. The quantitative estimate of drug-likeness (QED) is 0.394. The summed E-state index contributed by atoms with van der Waals surface area (Å²) >= 11 is 6.42. The second-order valence-electron chi connectivity index (χ2n) is 4.74. The minimum absolute atomic E-state index is 0.200. The molecule has 0 spiro atoms. The Kier molecular flexibility index (Phi) is 7.46. The first-order valence-electron chi connectivity index (χ1n) is 5.90. The van der Waals surface area contributed by atoms with E-state index < -0.39 is 12.0 Å². The van der Waals surface area contributed by atoms with E-state index in [1.807, 2.05) is 19.9 Å². The number of hydrogen-bond donors (Lipinski definition) is 2. The Bertz CT molecular complexity index is 532. The van der Waals surface area contributed by atoms with Gasteiger partial charge in [-0.15, -0.1) is 0 Å². The first kappa shape index (κ1) is 18.4. The molecule has 1 rings (SSSR count). The van der Waals surface area contributed by atoms with Crippen LogP contribution >= 0.6 is 67.8 Å². The maximum absolute atomic E-state index is 12.3. The number of hydrogen-bond acceptors (Lipinski definition) is 2. The molecule has 0 aromatic heterocycles. The lowest BCUT2D eigenvalue weighted by Gasteiger charge is -2.17. The van der Waals surface area contributed by atoms with E-state index in [4.69, 9.17) is 0 Å². The van der Waals surface area contributed by atoms with E-state index in [1.165, 1.54) is 0 Å². The van der Waals surface area contributed by atoms with Gasteiger partial charge >= 0.3 is 5.97 Å². The molecule has 1 aromatic carbocycles. The van der Waals surface area contributed by atoms with Gasteiger partial charge in [-0.25, -0.2) is 4.79 Å². The summed E-state index contributed by atoms with van der Waals surface area (Å²) in [5.74, 6) is -1.13. The average molecular weight is 613 g/mol. The predicted octanol–water partition coefficient (Wildman–Crippen LogP) is 3.73. The van der Waals surface area contributed by atoms with Crippen molar-refractivity contribution in [2.24, 2.45) is 5.92 Å². The van der Waals surface area contributed by atoms with Crippen molar-refractivity contribution in [3.8, 4) is 0 Å². The van der Waals surface area contributed by atoms with Crippen molar-refractivity contribution in [3.63, 3.8) is 0 Å². The van der Waals surface area contributed by atoms with E-state index in [9.17, 15) is 14.7 Å². The Morgan fingerprint density at radius 3 is 2.35 bits per heavy atom. The molecule has 2 N–H and O–H groups in total. The molecule has 110 valence electrons. The monoisotopic (exact) mass is 613 g/mol. The highest BCUT2D eigenvalue weighted by molar-refractivity contribution is 14.1. The second kappa shape index (κ2) is 8.11. The van der Waals surface area contributed by atoms with Crippen LogP contribution in [0.3, 0.4) is 0 Å².